The van der Waals surface area contributed by atoms with Gasteiger partial charge in [0.15, 0.2) is 4.80 Å². The largest absolute Gasteiger partial charge is 0.480 e. The number of aryl methyl sites for hydroxylation is 2. The summed E-state index contributed by atoms with van der Waals surface area (Å²) in [4.78, 5) is 29.0. The lowest BCUT2D eigenvalue weighted by Crippen LogP contribution is -2.27. The van der Waals surface area contributed by atoms with Gasteiger partial charge in [-0.25, -0.2) is 4.79 Å². The van der Waals surface area contributed by atoms with Gasteiger partial charge in [-0.3, -0.25) is 4.79 Å². The van der Waals surface area contributed by atoms with E-state index in [1.807, 2.05) is 51.1 Å². The van der Waals surface area contributed by atoms with Crippen LogP contribution in [0.5, 0.6) is 0 Å². The number of carboxylic acid groups (broad SMARTS) is 1. The first kappa shape index (κ1) is 18.1. The van der Waals surface area contributed by atoms with Crippen molar-refractivity contribution in [2.24, 2.45) is 4.99 Å². The number of fused-ring (bicyclic) bond motifs is 1. The monoisotopic (exact) mass is 368 g/mol. The van der Waals surface area contributed by atoms with Crippen LogP contribution in [0, 0.1) is 13.8 Å². The van der Waals surface area contributed by atoms with E-state index in [4.69, 9.17) is 0 Å². The molecule has 1 amide bonds. The highest BCUT2D eigenvalue weighted by Crippen LogP contribution is 2.24. The molecule has 1 unspecified atom stereocenters. The second kappa shape index (κ2) is 7.25. The fourth-order valence-corrected chi connectivity index (χ4v) is 3.89. The summed E-state index contributed by atoms with van der Waals surface area (Å²) >= 11 is 1.33. The number of hydrogen-bond acceptors (Lipinski definition) is 3. The summed E-state index contributed by atoms with van der Waals surface area (Å²) < 4.78 is 2.58. The Bertz CT molecular complexity index is 1050. The fourth-order valence-electron chi connectivity index (χ4n) is 2.85. The lowest BCUT2D eigenvalue weighted by molar-refractivity contribution is -0.140. The Morgan fingerprint density at radius 1 is 1.12 bits per heavy atom. The molecule has 26 heavy (non-hydrogen) atoms. The van der Waals surface area contributed by atoms with Crippen molar-refractivity contribution < 1.29 is 14.7 Å². The number of thiazole rings is 1. The topological polar surface area (TPSA) is 71.7 Å². The summed E-state index contributed by atoms with van der Waals surface area (Å²) in [5.74, 6) is -1.31. The molecule has 6 heteroatoms. The van der Waals surface area contributed by atoms with Crippen molar-refractivity contribution in [3.8, 4) is 0 Å². The molecule has 0 aliphatic carbocycles. The van der Waals surface area contributed by atoms with Crippen LogP contribution >= 0.6 is 11.3 Å². The Hall–Kier alpha value is -2.73. The average Bonchev–Trinajstić information content (AvgIpc) is 2.93. The smallest absolute Gasteiger partial charge is 0.326 e. The van der Waals surface area contributed by atoms with Gasteiger partial charge in [-0.05, 0) is 50.1 Å². The van der Waals surface area contributed by atoms with Crippen LogP contribution in [0.1, 0.15) is 40.9 Å². The van der Waals surface area contributed by atoms with Crippen LogP contribution in [0.15, 0.2) is 47.5 Å². The second-order valence-electron chi connectivity index (χ2n) is 6.27. The van der Waals surface area contributed by atoms with E-state index in [1.54, 1.807) is 16.7 Å². The summed E-state index contributed by atoms with van der Waals surface area (Å²) in [7, 11) is 0. The molecule has 0 radical (unpaired) electrons. The highest BCUT2D eigenvalue weighted by Gasteiger charge is 2.22. The predicted octanol–water partition coefficient (Wildman–Crippen LogP) is 4.10. The summed E-state index contributed by atoms with van der Waals surface area (Å²) in [6, 6.07) is 12.3. The number of amides is 1. The van der Waals surface area contributed by atoms with Crippen LogP contribution in [0.2, 0.25) is 0 Å². The van der Waals surface area contributed by atoms with Gasteiger partial charge in [-0.2, -0.15) is 4.99 Å². The molecule has 0 saturated heterocycles. The van der Waals surface area contributed by atoms with Crippen molar-refractivity contribution in [2.45, 2.75) is 33.2 Å². The Morgan fingerprint density at radius 3 is 2.38 bits per heavy atom. The molecule has 0 bridgehead atoms. The third-order valence-electron chi connectivity index (χ3n) is 4.26. The molecule has 1 atom stereocenters. The molecule has 1 N–H and O–H groups in total. The molecule has 0 saturated carbocycles. The van der Waals surface area contributed by atoms with E-state index in [9.17, 15) is 14.7 Å². The van der Waals surface area contributed by atoms with Gasteiger partial charge in [0.1, 0.15) is 6.04 Å². The van der Waals surface area contributed by atoms with E-state index in [2.05, 4.69) is 4.99 Å². The number of rotatable bonds is 4. The maximum atomic E-state index is 12.6. The zero-order chi connectivity index (χ0) is 18.8. The Kier molecular flexibility index (Phi) is 5.04. The molecule has 0 spiro atoms. The van der Waals surface area contributed by atoms with Crippen LogP contribution in [0.4, 0.5) is 0 Å². The molecule has 3 rings (SSSR count). The first-order valence-electron chi connectivity index (χ1n) is 8.41. The van der Waals surface area contributed by atoms with Gasteiger partial charge >= 0.3 is 5.97 Å². The van der Waals surface area contributed by atoms with Gasteiger partial charge in [-0.15, -0.1) is 0 Å². The molecule has 134 valence electrons. The van der Waals surface area contributed by atoms with Crippen molar-refractivity contribution in [1.29, 1.82) is 0 Å². The normalized spacial score (nSPS) is 13.1. The molecule has 0 fully saturated rings. The second-order valence-corrected chi connectivity index (χ2v) is 7.28. The van der Waals surface area contributed by atoms with Crippen LogP contribution in [-0.2, 0) is 4.79 Å². The van der Waals surface area contributed by atoms with Gasteiger partial charge in [0.2, 0.25) is 0 Å². The number of aliphatic carboxylic acids is 1. The first-order valence-corrected chi connectivity index (χ1v) is 9.22. The van der Waals surface area contributed by atoms with Gasteiger partial charge in [-0.1, -0.05) is 42.0 Å². The first-order chi connectivity index (χ1) is 12.4. The minimum absolute atomic E-state index is 0.373. The molecular formula is C20H20N2O3S. The molecule has 1 aromatic heterocycles. The van der Waals surface area contributed by atoms with Crippen molar-refractivity contribution >= 4 is 33.4 Å². The number of carbonyl (C=O) groups is 2. The average molecular weight is 368 g/mol. The quantitative estimate of drug-likeness (QED) is 0.754. The fraction of sp³-hybridized carbons (Fsp3) is 0.250. The molecule has 1 heterocycles. The van der Waals surface area contributed by atoms with Gasteiger partial charge in [0, 0.05) is 5.56 Å². The van der Waals surface area contributed by atoms with E-state index in [1.165, 1.54) is 11.3 Å². The van der Waals surface area contributed by atoms with Gasteiger partial charge in [0.25, 0.3) is 5.91 Å². The summed E-state index contributed by atoms with van der Waals surface area (Å²) in [5.41, 5.74) is 3.37. The molecule has 3 aromatic rings. The molecule has 0 aliphatic heterocycles. The van der Waals surface area contributed by atoms with Crippen molar-refractivity contribution in [1.82, 2.24) is 4.57 Å². The Morgan fingerprint density at radius 2 is 1.77 bits per heavy atom. The highest BCUT2D eigenvalue weighted by molar-refractivity contribution is 7.16. The van der Waals surface area contributed by atoms with E-state index in [-0.39, 0.29) is 5.91 Å². The maximum Gasteiger partial charge on any atom is 0.326 e. The Balaban J connectivity index is 2.22. The lowest BCUT2D eigenvalue weighted by atomic mass is 10.1. The summed E-state index contributed by atoms with van der Waals surface area (Å²) in [5, 5.41) is 9.64. The summed E-state index contributed by atoms with van der Waals surface area (Å²) in [6.07, 6.45) is 0.404. The van der Waals surface area contributed by atoms with Crippen LogP contribution in [0.25, 0.3) is 10.2 Å². The van der Waals surface area contributed by atoms with Crippen LogP contribution in [-0.4, -0.2) is 21.6 Å². The highest BCUT2D eigenvalue weighted by atomic mass is 32.1. The predicted molar refractivity (Wildman–Crippen MR) is 103 cm³/mol. The van der Waals surface area contributed by atoms with Crippen molar-refractivity contribution in [3.63, 3.8) is 0 Å². The van der Waals surface area contributed by atoms with E-state index in [0.29, 0.717) is 16.8 Å². The number of aromatic nitrogens is 1. The molecule has 2 aromatic carbocycles. The van der Waals surface area contributed by atoms with Gasteiger partial charge in [0.05, 0.1) is 10.2 Å². The molecule has 0 aliphatic rings. The minimum atomic E-state index is -0.932. The third kappa shape index (κ3) is 3.46. The van der Waals surface area contributed by atoms with Crippen molar-refractivity contribution in [2.75, 3.05) is 0 Å². The van der Waals surface area contributed by atoms with E-state index in [0.717, 1.165) is 21.3 Å². The standard InChI is InChI=1S/C20H20N2O3S/c1-4-15(19(24)25)22-16-11-13(3)7-10-17(16)26-20(22)21-18(23)14-8-5-12(2)6-9-14/h5-11,15H,4H2,1-3H3,(H,24,25)/b21-20-. The number of carboxylic acids is 1. The number of carbonyl (C=O) groups excluding carboxylic acids is 1. The van der Waals surface area contributed by atoms with Crippen LogP contribution in [0.3, 0.4) is 0 Å². The minimum Gasteiger partial charge on any atom is -0.480 e. The van der Waals surface area contributed by atoms with Crippen LogP contribution < -0.4 is 4.80 Å². The number of benzene rings is 2. The summed E-state index contributed by atoms with van der Waals surface area (Å²) in [6.45, 7) is 5.72. The molecule has 5 nitrogen and oxygen atoms in total. The number of hydrogen-bond donors (Lipinski definition) is 1. The molecular weight excluding hydrogens is 348 g/mol. The van der Waals surface area contributed by atoms with E-state index >= 15 is 0 Å². The van der Waals surface area contributed by atoms with Crippen molar-refractivity contribution in [3.05, 3.63) is 64.0 Å². The maximum absolute atomic E-state index is 12.6. The zero-order valence-corrected chi connectivity index (χ0v) is 15.7. The third-order valence-corrected chi connectivity index (χ3v) is 5.30. The lowest BCUT2D eigenvalue weighted by Gasteiger charge is -2.13. The number of nitrogens with zero attached hydrogens (tertiary/aromatic N) is 2. The SMILES string of the molecule is CCC(C(=O)O)n1/c(=N/C(=O)c2ccc(C)cc2)sc2ccc(C)cc21. The van der Waals surface area contributed by atoms with E-state index < -0.39 is 12.0 Å². The zero-order valence-electron chi connectivity index (χ0n) is 14.9. The van der Waals surface area contributed by atoms with Gasteiger partial charge < -0.3 is 9.67 Å². The Labute approximate surface area is 155 Å².